The van der Waals surface area contributed by atoms with Gasteiger partial charge in [-0.15, -0.1) is 0 Å². The van der Waals surface area contributed by atoms with E-state index in [0.717, 1.165) is 11.3 Å². The Kier molecular flexibility index (Phi) is 2.38. The first-order chi connectivity index (χ1) is 6.29. The molecule has 0 saturated heterocycles. The van der Waals surface area contributed by atoms with Gasteiger partial charge >= 0.3 is 83.0 Å². The van der Waals surface area contributed by atoms with E-state index < -0.39 is 0 Å². The number of nitrogens with zero attached hydrogens (tertiary/aromatic N) is 1. The second-order valence-electron chi connectivity index (χ2n) is 2.80. The topological polar surface area (TPSA) is 22.1 Å². The maximum atomic E-state index is 5.40. The van der Waals surface area contributed by atoms with Gasteiger partial charge < -0.3 is 0 Å². The number of hydrogen-bond donors (Lipinski definition) is 0. The average molecular weight is 240 g/mol. The van der Waals surface area contributed by atoms with Crippen molar-refractivity contribution < 1.29 is 4.74 Å². The van der Waals surface area contributed by atoms with Gasteiger partial charge in [-0.25, -0.2) is 0 Å². The summed E-state index contributed by atoms with van der Waals surface area (Å²) < 4.78 is 8.02. The normalized spacial score (nSPS) is 10.6. The summed E-state index contributed by atoms with van der Waals surface area (Å²) in [5.41, 5.74) is 1.10. The van der Waals surface area contributed by atoms with Gasteiger partial charge in [0, 0.05) is 0 Å². The second kappa shape index (κ2) is 3.52. The quantitative estimate of drug-likeness (QED) is 0.749. The Hall–Kier alpha value is -0.791. The molecule has 0 bridgehead atoms. The zero-order valence-corrected chi connectivity index (χ0v) is 9.42. The molecule has 0 atom stereocenters. The van der Waals surface area contributed by atoms with E-state index >= 15 is 0 Å². The summed E-state index contributed by atoms with van der Waals surface area (Å²) in [4.78, 5) is 4.46. The summed E-state index contributed by atoms with van der Waals surface area (Å²) in [5, 5.41) is 0. The Morgan fingerprint density at radius 3 is 3.08 bits per heavy atom. The molecule has 1 aromatic carbocycles. The maximum absolute atomic E-state index is 5.40. The van der Waals surface area contributed by atoms with E-state index in [-0.39, 0.29) is 0 Å². The van der Waals surface area contributed by atoms with Crippen LogP contribution in [0.25, 0.3) is 9.78 Å². The molecule has 0 aliphatic rings. The number of rotatable bonds is 2. The van der Waals surface area contributed by atoms with Crippen LogP contribution in [0.1, 0.15) is 11.5 Å². The van der Waals surface area contributed by atoms with Crippen molar-refractivity contribution in [1.82, 2.24) is 4.98 Å². The summed E-state index contributed by atoms with van der Waals surface area (Å²) in [6, 6.07) is 6.18. The van der Waals surface area contributed by atoms with Crippen LogP contribution in [-0.4, -0.2) is 26.1 Å². The fourth-order valence-corrected chi connectivity index (χ4v) is 2.97. The summed E-state index contributed by atoms with van der Waals surface area (Å²) in [6.07, 6.45) is 0. The summed E-state index contributed by atoms with van der Waals surface area (Å²) in [7, 11) is 0. The van der Waals surface area contributed by atoms with Gasteiger partial charge in [0.2, 0.25) is 0 Å². The monoisotopic (exact) mass is 241 g/mol. The third-order valence-corrected chi connectivity index (χ3v) is 3.77. The molecule has 68 valence electrons. The number of aromatic nitrogens is 1. The van der Waals surface area contributed by atoms with Gasteiger partial charge in [0.25, 0.3) is 0 Å². The third kappa shape index (κ3) is 1.76. The van der Waals surface area contributed by atoms with Gasteiger partial charge in [0.05, 0.1) is 0 Å². The Labute approximate surface area is 83.3 Å². The van der Waals surface area contributed by atoms with Crippen molar-refractivity contribution in [2.24, 2.45) is 0 Å². The van der Waals surface area contributed by atoms with E-state index in [0.29, 0.717) is 21.1 Å². The van der Waals surface area contributed by atoms with Crippen molar-refractivity contribution in [3.8, 4) is 5.75 Å². The standard InChI is InChI=1S/C10H11NOSe/c1-3-12-8-4-5-10-9(6-8)11-7(2)13-10/h4-6H,3H2,1-2H3. The van der Waals surface area contributed by atoms with Gasteiger partial charge in [-0.05, 0) is 0 Å². The number of fused-ring (bicyclic) bond motifs is 1. The Balaban J connectivity index is 2.48. The van der Waals surface area contributed by atoms with Gasteiger partial charge in [-0.3, -0.25) is 0 Å². The molecule has 0 aliphatic heterocycles. The van der Waals surface area contributed by atoms with Crippen LogP contribution in [0.3, 0.4) is 0 Å². The molecular weight excluding hydrogens is 229 g/mol. The SMILES string of the molecule is CCOc1ccc2[se]c(C)nc2c1. The number of benzene rings is 1. The molecule has 0 radical (unpaired) electrons. The zero-order valence-electron chi connectivity index (χ0n) is 7.70. The molecule has 2 nitrogen and oxygen atoms in total. The van der Waals surface area contributed by atoms with Gasteiger partial charge in [0.15, 0.2) is 0 Å². The average Bonchev–Trinajstić information content (AvgIpc) is 2.44. The van der Waals surface area contributed by atoms with Crippen LogP contribution in [0.4, 0.5) is 0 Å². The zero-order chi connectivity index (χ0) is 9.26. The molecule has 1 heterocycles. The Morgan fingerprint density at radius 2 is 2.31 bits per heavy atom. The van der Waals surface area contributed by atoms with Crippen LogP contribution in [0.2, 0.25) is 0 Å². The van der Waals surface area contributed by atoms with E-state index in [2.05, 4.69) is 18.0 Å². The first-order valence-electron chi connectivity index (χ1n) is 4.29. The number of hydrogen-bond acceptors (Lipinski definition) is 2. The van der Waals surface area contributed by atoms with Crippen LogP contribution in [0.5, 0.6) is 5.75 Å². The van der Waals surface area contributed by atoms with Gasteiger partial charge in [0.1, 0.15) is 0 Å². The van der Waals surface area contributed by atoms with Crippen molar-refractivity contribution in [2.45, 2.75) is 13.8 Å². The van der Waals surface area contributed by atoms with Gasteiger partial charge in [-0.1, -0.05) is 0 Å². The Bertz CT molecular complexity index is 422. The molecule has 1 aromatic heterocycles. The molecule has 13 heavy (non-hydrogen) atoms. The molecule has 0 N–H and O–H groups in total. The van der Waals surface area contributed by atoms with Crippen LogP contribution in [-0.2, 0) is 0 Å². The summed E-state index contributed by atoms with van der Waals surface area (Å²) in [6.45, 7) is 4.79. The first-order valence-corrected chi connectivity index (χ1v) is 6.01. The molecule has 0 saturated carbocycles. The second-order valence-corrected chi connectivity index (χ2v) is 5.39. The van der Waals surface area contributed by atoms with Crippen molar-refractivity contribution in [1.29, 1.82) is 0 Å². The fourth-order valence-electron chi connectivity index (χ4n) is 1.28. The minimum absolute atomic E-state index is 0.445. The van der Waals surface area contributed by atoms with E-state index in [1.807, 2.05) is 19.1 Å². The van der Waals surface area contributed by atoms with Crippen LogP contribution in [0, 0.1) is 6.92 Å². The summed E-state index contributed by atoms with van der Waals surface area (Å²) >= 11 is 0.445. The molecule has 0 amide bonds. The van der Waals surface area contributed by atoms with E-state index in [1.165, 1.54) is 8.83 Å². The van der Waals surface area contributed by atoms with Crippen molar-refractivity contribution in [2.75, 3.05) is 6.61 Å². The van der Waals surface area contributed by atoms with E-state index in [4.69, 9.17) is 4.74 Å². The van der Waals surface area contributed by atoms with Crippen LogP contribution >= 0.6 is 0 Å². The van der Waals surface area contributed by atoms with Crippen molar-refractivity contribution in [3.05, 3.63) is 22.8 Å². The molecule has 0 spiro atoms. The number of aryl methyl sites for hydroxylation is 1. The van der Waals surface area contributed by atoms with Crippen LogP contribution < -0.4 is 4.74 Å². The fraction of sp³-hybridized carbons (Fsp3) is 0.300. The van der Waals surface area contributed by atoms with E-state index in [1.54, 1.807) is 0 Å². The predicted molar refractivity (Wildman–Crippen MR) is 54.6 cm³/mol. The molecule has 2 aromatic rings. The third-order valence-electron chi connectivity index (χ3n) is 1.78. The molecule has 2 rings (SSSR count). The molecule has 0 aliphatic carbocycles. The molecule has 0 unspecified atom stereocenters. The van der Waals surface area contributed by atoms with E-state index in [9.17, 15) is 0 Å². The predicted octanol–water partition coefficient (Wildman–Crippen LogP) is 2.00. The molecular formula is C10H11NOSe. The summed E-state index contributed by atoms with van der Waals surface area (Å²) in [5.74, 6) is 0.926. The first kappa shape index (κ1) is 8.79. The van der Waals surface area contributed by atoms with Crippen molar-refractivity contribution in [3.63, 3.8) is 0 Å². The Morgan fingerprint density at radius 1 is 1.46 bits per heavy atom. The van der Waals surface area contributed by atoms with Crippen molar-refractivity contribution >= 4 is 24.3 Å². The molecule has 0 fully saturated rings. The van der Waals surface area contributed by atoms with Gasteiger partial charge in [-0.2, -0.15) is 0 Å². The minimum atomic E-state index is 0.445. The van der Waals surface area contributed by atoms with Crippen LogP contribution in [0.15, 0.2) is 18.2 Å². The number of ether oxygens (including phenoxy) is 1. The molecule has 3 heteroatoms.